The fourth-order valence-corrected chi connectivity index (χ4v) is 1.91. The van der Waals surface area contributed by atoms with E-state index < -0.39 is 11.7 Å². The molecule has 0 saturated carbocycles. The van der Waals surface area contributed by atoms with E-state index in [-0.39, 0.29) is 12.4 Å². The maximum atomic E-state index is 12.0. The summed E-state index contributed by atoms with van der Waals surface area (Å²) in [7, 11) is 0. The Balaban J connectivity index is 1.73. The minimum atomic E-state index is -0.766. The van der Waals surface area contributed by atoms with Gasteiger partial charge in [0.05, 0.1) is 17.9 Å². The lowest BCUT2D eigenvalue weighted by atomic mass is 10.2. The van der Waals surface area contributed by atoms with E-state index in [9.17, 15) is 9.59 Å². The van der Waals surface area contributed by atoms with Crippen molar-refractivity contribution in [1.29, 1.82) is 5.26 Å². The van der Waals surface area contributed by atoms with Crippen molar-refractivity contribution in [2.45, 2.75) is 6.54 Å². The molecule has 0 unspecified atom stereocenters. The summed E-state index contributed by atoms with van der Waals surface area (Å²) < 4.78 is 10.9. The van der Waals surface area contributed by atoms with Crippen molar-refractivity contribution in [2.24, 2.45) is 0 Å². The van der Waals surface area contributed by atoms with Crippen molar-refractivity contribution in [3.05, 3.63) is 58.8 Å². The Hall–Kier alpha value is -3.60. The summed E-state index contributed by atoms with van der Waals surface area (Å²) in [4.78, 5) is 23.7. The van der Waals surface area contributed by atoms with E-state index in [1.54, 1.807) is 30.3 Å². The van der Waals surface area contributed by atoms with Gasteiger partial charge in [0.25, 0.3) is 5.89 Å². The third kappa shape index (κ3) is 3.19. The normalized spacial score (nSPS) is 10.2. The van der Waals surface area contributed by atoms with E-state index in [1.165, 1.54) is 12.3 Å². The van der Waals surface area contributed by atoms with Crippen LogP contribution >= 0.6 is 0 Å². The van der Waals surface area contributed by atoms with Gasteiger partial charge in [0.2, 0.25) is 5.91 Å². The monoisotopic (exact) mass is 310 g/mol. The lowest BCUT2D eigenvalue weighted by Crippen LogP contribution is -2.25. The summed E-state index contributed by atoms with van der Waals surface area (Å²) in [6, 6.07) is 11.6. The molecule has 2 heterocycles. The highest BCUT2D eigenvalue weighted by Crippen LogP contribution is 2.15. The largest absolute Gasteiger partial charge is 0.459 e. The molecule has 0 aliphatic heterocycles. The van der Waals surface area contributed by atoms with Crippen LogP contribution in [-0.2, 0) is 11.3 Å². The van der Waals surface area contributed by atoms with Crippen LogP contribution in [0.5, 0.6) is 0 Å². The standard InChI is InChI=1S/C15H10N4O4/c16-8-10-3-1-4-11(7-10)17-13(20)9-19-15(21)23-14(18-19)12-5-2-6-22-12/h1-7H,9H2,(H,17,20). The highest BCUT2D eigenvalue weighted by atomic mass is 16.4. The van der Waals surface area contributed by atoms with Crippen LogP contribution in [0.4, 0.5) is 5.69 Å². The number of carbonyl (C=O) groups is 1. The van der Waals surface area contributed by atoms with Gasteiger partial charge in [0.1, 0.15) is 6.54 Å². The average Bonchev–Trinajstić information content (AvgIpc) is 3.18. The Morgan fingerprint density at radius 2 is 2.22 bits per heavy atom. The zero-order valence-electron chi connectivity index (χ0n) is 11.7. The molecule has 0 bridgehead atoms. The lowest BCUT2D eigenvalue weighted by Gasteiger charge is -2.04. The van der Waals surface area contributed by atoms with Gasteiger partial charge in [0.15, 0.2) is 5.76 Å². The van der Waals surface area contributed by atoms with Gasteiger partial charge >= 0.3 is 5.76 Å². The van der Waals surface area contributed by atoms with Crippen LogP contribution in [0.1, 0.15) is 5.56 Å². The van der Waals surface area contributed by atoms with Crippen LogP contribution in [0.2, 0.25) is 0 Å². The molecule has 0 aliphatic carbocycles. The number of hydrogen-bond donors (Lipinski definition) is 1. The first kappa shape index (κ1) is 14.3. The van der Waals surface area contributed by atoms with Crippen LogP contribution in [-0.4, -0.2) is 15.7 Å². The number of hydrogen-bond acceptors (Lipinski definition) is 6. The predicted octanol–water partition coefficient (Wildman–Crippen LogP) is 1.61. The van der Waals surface area contributed by atoms with Crippen molar-refractivity contribution >= 4 is 11.6 Å². The van der Waals surface area contributed by atoms with E-state index in [1.807, 2.05) is 6.07 Å². The van der Waals surface area contributed by atoms with Crippen LogP contribution in [0.3, 0.4) is 0 Å². The number of amides is 1. The second-order valence-electron chi connectivity index (χ2n) is 4.55. The molecule has 0 spiro atoms. The van der Waals surface area contributed by atoms with Gasteiger partial charge < -0.3 is 14.2 Å². The maximum Gasteiger partial charge on any atom is 0.437 e. The second kappa shape index (κ2) is 6.03. The molecule has 8 heteroatoms. The van der Waals surface area contributed by atoms with E-state index >= 15 is 0 Å². The summed E-state index contributed by atoms with van der Waals surface area (Å²) in [6.07, 6.45) is 1.42. The molecule has 2 aromatic heterocycles. The number of anilines is 1. The molecule has 114 valence electrons. The van der Waals surface area contributed by atoms with Crippen molar-refractivity contribution in [1.82, 2.24) is 9.78 Å². The number of rotatable bonds is 4. The first-order valence-corrected chi connectivity index (χ1v) is 6.57. The number of carbonyl (C=O) groups excluding carboxylic acids is 1. The third-order valence-corrected chi connectivity index (χ3v) is 2.91. The van der Waals surface area contributed by atoms with E-state index in [4.69, 9.17) is 14.1 Å². The van der Waals surface area contributed by atoms with Crippen LogP contribution in [0, 0.1) is 11.3 Å². The Labute approximate surface area is 129 Å². The van der Waals surface area contributed by atoms with Crippen molar-refractivity contribution in [3.8, 4) is 17.7 Å². The first-order valence-electron chi connectivity index (χ1n) is 6.57. The zero-order chi connectivity index (χ0) is 16.2. The van der Waals surface area contributed by atoms with Crippen LogP contribution < -0.4 is 11.1 Å². The number of aromatic nitrogens is 2. The molecule has 0 saturated heterocycles. The molecule has 8 nitrogen and oxygen atoms in total. The second-order valence-corrected chi connectivity index (χ2v) is 4.55. The number of furan rings is 1. The molecule has 0 fully saturated rings. The molecule has 1 amide bonds. The maximum absolute atomic E-state index is 12.0. The van der Waals surface area contributed by atoms with Gasteiger partial charge in [-0.2, -0.15) is 9.94 Å². The van der Waals surface area contributed by atoms with Gasteiger partial charge in [-0.3, -0.25) is 4.79 Å². The fraction of sp³-hybridized carbons (Fsp3) is 0.0667. The Kier molecular flexibility index (Phi) is 3.76. The van der Waals surface area contributed by atoms with Gasteiger partial charge in [-0.1, -0.05) is 6.07 Å². The minimum Gasteiger partial charge on any atom is -0.459 e. The summed E-state index contributed by atoms with van der Waals surface area (Å²) >= 11 is 0. The lowest BCUT2D eigenvalue weighted by molar-refractivity contribution is -0.117. The molecule has 0 atom stereocenters. The molecule has 3 aromatic rings. The van der Waals surface area contributed by atoms with E-state index in [0.29, 0.717) is 17.0 Å². The highest BCUT2D eigenvalue weighted by Gasteiger charge is 2.15. The van der Waals surface area contributed by atoms with Gasteiger partial charge in [-0.25, -0.2) is 4.79 Å². The third-order valence-electron chi connectivity index (χ3n) is 2.91. The number of benzene rings is 1. The first-order chi connectivity index (χ1) is 11.2. The summed E-state index contributed by atoms with van der Waals surface area (Å²) in [5.41, 5.74) is 0.873. The van der Waals surface area contributed by atoms with Crippen LogP contribution in [0.15, 0.2) is 56.3 Å². The summed E-state index contributed by atoms with van der Waals surface area (Å²) in [5, 5.41) is 15.3. The van der Waals surface area contributed by atoms with E-state index in [2.05, 4.69) is 10.4 Å². The minimum absolute atomic E-state index is 0.000669. The van der Waals surface area contributed by atoms with Gasteiger partial charge in [-0.15, -0.1) is 5.10 Å². The Morgan fingerprint density at radius 1 is 1.35 bits per heavy atom. The average molecular weight is 310 g/mol. The number of nitrogens with one attached hydrogen (secondary N) is 1. The van der Waals surface area contributed by atoms with Crippen molar-refractivity contribution in [2.75, 3.05) is 5.32 Å². The number of nitrogens with zero attached hydrogens (tertiary/aromatic N) is 3. The molecule has 0 aliphatic rings. The SMILES string of the molecule is N#Cc1cccc(NC(=O)Cn2nc(-c3ccco3)oc2=O)c1. The summed E-state index contributed by atoms with van der Waals surface area (Å²) in [6.45, 7) is -0.320. The molecular formula is C15H10N4O4. The van der Waals surface area contributed by atoms with Gasteiger partial charge in [-0.05, 0) is 30.3 Å². The quantitative estimate of drug-likeness (QED) is 0.783. The van der Waals surface area contributed by atoms with E-state index in [0.717, 1.165) is 4.68 Å². The smallest absolute Gasteiger partial charge is 0.437 e. The fourth-order valence-electron chi connectivity index (χ4n) is 1.91. The molecule has 3 rings (SSSR count). The molecule has 1 aromatic carbocycles. The predicted molar refractivity (Wildman–Crippen MR) is 78.3 cm³/mol. The Morgan fingerprint density at radius 3 is 2.96 bits per heavy atom. The zero-order valence-corrected chi connectivity index (χ0v) is 11.7. The van der Waals surface area contributed by atoms with Crippen LogP contribution in [0.25, 0.3) is 11.7 Å². The van der Waals surface area contributed by atoms with Gasteiger partial charge in [0, 0.05) is 5.69 Å². The molecule has 23 heavy (non-hydrogen) atoms. The highest BCUT2D eigenvalue weighted by molar-refractivity contribution is 5.90. The molecule has 1 N–H and O–H groups in total. The van der Waals surface area contributed by atoms with Crippen molar-refractivity contribution in [3.63, 3.8) is 0 Å². The molecular weight excluding hydrogens is 300 g/mol. The molecule has 0 radical (unpaired) electrons. The Bertz CT molecular complexity index is 931. The number of nitriles is 1. The summed E-state index contributed by atoms with van der Waals surface area (Å²) in [5.74, 6) is -0.943. The van der Waals surface area contributed by atoms with Crippen molar-refractivity contribution < 1.29 is 13.6 Å². The topological polar surface area (TPSA) is 114 Å².